The molecule has 0 saturated heterocycles. The van der Waals surface area contributed by atoms with Gasteiger partial charge in [0.1, 0.15) is 5.82 Å². The predicted molar refractivity (Wildman–Crippen MR) is 73.4 cm³/mol. The molecule has 0 aliphatic heterocycles. The van der Waals surface area contributed by atoms with E-state index in [9.17, 15) is 4.79 Å². The number of carbonyl (C=O) groups excluding carboxylic acids is 1. The van der Waals surface area contributed by atoms with E-state index in [4.69, 9.17) is 11.6 Å². The molecule has 2 rings (SSSR count). The Kier molecular flexibility index (Phi) is 4.75. The van der Waals surface area contributed by atoms with Crippen molar-refractivity contribution in [1.29, 1.82) is 0 Å². The first-order chi connectivity index (χ1) is 9.20. The summed E-state index contributed by atoms with van der Waals surface area (Å²) in [4.78, 5) is 27.0. The zero-order valence-corrected chi connectivity index (χ0v) is 11.8. The molecule has 0 aromatic carbocycles. The summed E-state index contributed by atoms with van der Waals surface area (Å²) in [7, 11) is 0. The van der Waals surface area contributed by atoms with Crippen LogP contribution < -0.4 is 5.32 Å². The molecule has 0 bridgehead atoms. The molecule has 2 N–H and O–H groups in total. The molecule has 1 amide bonds. The van der Waals surface area contributed by atoms with Gasteiger partial charge in [-0.1, -0.05) is 23.4 Å². The number of aromatic nitrogens is 4. The summed E-state index contributed by atoms with van der Waals surface area (Å²) in [6.07, 6.45) is 7.30. The Labute approximate surface area is 119 Å². The van der Waals surface area contributed by atoms with E-state index in [2.05, 4.69) is 25.3 Å². The maximum absolute atomic E-state index is 11.9. The van der Waals surface area contributed by atoms with Gasteiger partial charge >= 0.3 is 0 Å². The molecular weight excluding hydrogens is 286 g/mol. The number of thioether (sulfide) groups is 1. The predicted octanol–water partition coefficient (Wildman–Crippen LogP) is 1.55. The van der Waals surface area contributed by atoms with E-state index in [1.807, 2.05) is 6.26 Å². The van der Waals surface area contributed by atoms with Gasteiger partial charge in [-0.2, -0.15) is 0 Å². The number of hydrogen-bond donors (Lipinski definition) is 2. The lowest BCUT2D eigenvalue weighted by Crippen LogP contribution is -2.27. The Balaban J connectivity index is 1.95. The number of rotatable bonds is 5. The second-order valence-electron chi connectivity index (χ2n) is 3.60. The summed E-state index contributed by atoms with van der Waals surface area (Å²) in [5, 5.41) is 3.50. The molecule has 0 atom stereocenters. The Morgan fingerprint density at radius 3 is 3.05 bits per heavy atom. The third kappa shape index (κ3) is 3.68. The summed E-state index contributed by atoms with van der Waals surface area (Å²) in [5.74, 6) is 0.508. The number of carbonyl (C=O) groups is 1. The van der Waals surface area contributed by atoms with Crippen LogP contribution in [-0.2, 0) is 6.42 Å². The van der Waals surface area contributed by atoms with Gasteiger partial charge < -0.3 is 10.3 Å². The van der Waals surface area contributed by atoms with Gasteiger partial charge in [0, 0.05) is 25.4 Å². The highest BCUT2D eigenvalue weighted by Gasteiger charge is 2.13. The summed E-state index contributed by atoms with van der Waals surface area (Å²) in [6, 6.07) is 0. The number of H-pyrrole nitrogens is 1. The number of hydrogen-bond acceptors (Lipinski definition) is 5. The van der Waals surface area contributed by atoms with Gasteiger partial charge in [-0.3, -0.25) is 4.79 Å². The molecule has 2 heterocycles. The number of amides is 1. The zero-order valence-electron chi connectivity index (χ0n) is 10.2. The van der Waals surface area contributed by atoms with Gasteiger partial charge in [0.15, 0.2) is 10.9 Å². The molecule has 0 aliphatic carbocycles. The Hall–Kier alpha value is -1.60. The average molecular weight is 298 g/mol. The fourth-order valence-electron chi connectivity index (χ4n) is 1.42. The summed E-state index contributed by atoms with van der Waals surface area (Å²) in [6.45, 7) is 0.460. The zero-order chi connectivity index (χ0) is 13.7. The summed E-state index contributed by atoms with van der Waals surface area (Å²) in [5.41, 5.74) is 0.195. The maximum atomic E-state index is 11.9. The Bertz CT molecular complexity index is 560. The highest BCUT2D eigenvalue weighted by atomic mass is 35.5. The van der Waals surface area contributed by atoms with Crippen molar-refractivity contribution in [2.24, 2.45) is 0 Å². The minimum absolute atomic E-state index is 0.195. The first-order valence-corrected chi connectivity index (χ1v) is 7.14. The Morgan fingerprint density at radius 1 is 1.53 bits per heavy atom. The van der Waals surface area contributed by atoms with E-state index in [0.29, 0.717) is 18.1 Å². The van der Waals surface area contributed by atoms with E-state index in [-0.39, 0.29) is 16.6 Å². The van der Waals surface area contributed by atoms with E-state index in [1.165, 1.54) is 18.0 Å². The number of halogens is 1. The monoisotopic (exact) mass is 297 g/mol. The molecule has 0 spiro atoms. The fourth-order valence-corrected chi connectivity index (χ4v) is 1.94. The smallest absolute Gasteiger partial charge is 0.271 e. The van der Waals surface area contributed by atoms with E-state index in [0.717, 1.165) is 5.82 Å². The van der Waals surface area contributed by atoms with Crippen LogP contribution in [-0.4, -0.2) is 38.6 Å². The van der Waals surface area contributed by atoms with Crippen LogP contribution >= 0.6 is 23.4 Å². The first kappa shape index (κ1) is 13.8. The van der Waals surface area contributed by atoms with Gasteiger partial charge in [-0.25, -0.2) is 15.0 Å². The fraction of sp³-hybridized carbons (Fsp3) is 0.273. The lowest BCUT2D eigenvalue weighted by atomic mass is 10.3. The van der Waals surface area contributed by atoms with Crippen molar-refractivity contribution in [3.8, 4) is 0 Å². The molecule has 8 heteroatoms. The highest BCUT2D eigenvalue weighted by molar-refractivity contribution is 7.98. The number of nitrogens with zero attached hydrogens (tertiary/aromatic N) is 3. The van der Waals surface area contributed by atoms with Gasteiger partial charge in [0.2, 0.25) is 0 Å². The van der Waals surface area contributed by atoms with Crippen molar-refractivity contribution in [3.05, 3.63) is 35.1 Å². The van der Waals surface area contributed by atoms with Crippen molar-refractivity contribution in [3.63, 3.8) is 0 Å². The van der Waals surface area contributed by atoms with Crippen LogP contribution in [0.4, 0.5) is 0 Å². The minimum Gasteiger partial charge on any atom is -0.350 e. The SMILES string of the molecule is CSc1ncc(Cl)c(C(=O)NCCc2ncc[nH]2)n1. The van der Waals surface area contributed by atoms with Gasteiger partial charge in [0.25, 0.3) is 5.91 Å². The lowest BCUT2D eigenvalue weighted by molar-refractivity contribution is 0.0948. The largest absolute Gasteiger partial charge is 0.350 e. The van der Waals surface area contributed by atoms with E-state index in [1.54, 1.807) is 12.4 Å². The first-order valence-electron chi connectivity index (χ1n) is 5.53. The number of aromatic amines is 1. The lowest BCUT2D eigenvalue weighted by Gasteiger charge is -2.05. The normalized spacial score (nSPS) is 10.4. The van der Waals surface area contributed by atoms with Crippen LogP contribution in [0.3, 0.4) is 0 Å². The third-order valence-corrected chi connectivity index (χ3v) is 3.16. The minimum atomic E-state index is -0.311. The molecule has 0 radical (unpaired) electrons. The van der Waals surface area contributed by atoms with Crippen molar-refractivity contribution < 1.29 is 4.79 Å². The van der Waals surface area contributed by atoms with Gasteiger partial charge in [-0.15, -0.1) is 0 Å². The molecule has 19 heavy (non-hydrogen) atoms. The van der Waals surface area contributed by atoms with Crippen LogP contribution in [0, 0.1) is 0 Å². The third-order valence-electron chi connectivity index (χ3n) is 2.32. The summed E-state index contributed by atoms with van der Waals surface area (Å²) >= 11 is 7.27. The molecule has 0 fully saturated rings. The quantitative estimate of drug-likeness (QED) is 0.646. The van der Waals surface area contributed by atoms with Crippen molar-refractivity contribution in [2.45, 2.75) is 11.6 Å². The average Bonchev–Trinajstić information content (AvgIpc) is 2.92. The maximum Gasteiger partial charge on any atom is 0.271 e. The van der Waals surface area contributed by atoms with Crippen LogP contribution in [0.15, 0.2) is 23.7 Å². The van der Waals surface area contributed by atoms with Crippen LogP contribution in [0.25, 0.3) is 0 Å². The molecule has 100 valence electrons. The Morgan fingerprint density at radius 2 is 2.37 bits per heavy atom. The second-order valence-corrected chi connectivity index (χ2v) is 4.78. The molecule has 0 saturated carbocycles. The van der Waals surface area contributed by atoms with Gasteiger partial charge in [-0.05, 0) is 6.26 Å². The van der Waals surface area contributed by atoms with Crippen molar-refractivity contribution in [2.75, 3.05) is 12.8 Å². The van der Waals surface area contributed by atoms with Crippen LogP contribution in [0.5, 0.6) is 0 Å². The second kappa shape index (κ2) is 6.53. The molecule has 2 aromatic rings. The van der Waals surface area contributed by atoms with E-state index >= 15 is 0 Å². The molecule has 0 aliphatic rings. The topological polar surface area (TPSA) is 83.6 Å². The van der Waals surface area contributed by atoms with Crippen LogP contribution in [0.1, 0.15) is 16.3 Å². The number of imidazole rings is 1. The van der Waals surface area contributed by atoms with Crippen molar-refractivity contribution in [1.82, 2.24) is 25.3 Å². The standard InChI is InChI=1S/C11H12ClN5OS/c1-19-11-16-6-7(12)9(17-11)10(18)15-3-2-8-13-4-5-14-8/h4-6H,2-3H2,1H3,(H,13,14)(H,15,18). The molecular formula is C11H12ClN5OS. The van der Waals surface area contributed by atoms with Crippen molar-refractivity contribution >= 4 is 29.3 Å². The van der Waals surface area contributed by atoms with Crippen LogP contribution in [0.2, 0.25) is 5.02 Å². The summed E-state index contributed by atoms with van der Waals surface area (Å²) < 4.78 is 0. The van der Waals surface area contributed by atoms with E-state index < -0.39 is 0 Å². The number of nitrogens with one attached hydrogen (secondary N) is 2. The van der Waals surface area contributed by atoms with Gasteiger partial charge in [0.05, 0.1) is 11.2 Å². The molecule has 2 aromatic heterocycles. The molecule has 6 nitrogen and oxygen atoms in total. The molecule has 0 unspecified atom stereocenters. The highest BCUT2D eigenvalue weighted by Crippen LogP contribution is 2.16.